The summed E-state index contributed by atoms with van der Waals surface area (Å²) in [7, 11) is 0. The van der Waals surface area contributed by atoms with Gasteiger partial charge in [-0.2, -0.15) is 0 Å². The van der Waals surface area contributed by atoms with Crippen molar-refractivity contribution in [1.82, 2.24) is 4.90 Å². The van der Waals surface area contributed by atoms with Crippen molar-refractivity contribution in [3.63, 3.8) is 0 Å². The molecule has 5 rings (SSSR count). The van der Waals surface area contributed by atoms with Gasteiger partial charge in [0.15, 0.2) is 0 Å². The highest BCUT2D eigenvalue weighted by molar-refractivity contribution is 6.46. The molecule has 2 atom stereocenters. The molecule has 2 aliphatic rings. The standard InChI is InChI=1S/C27H22ClNO4/c1-16-12-20-13-19(10-11-22(20)33-16)25(30)23-24(18-8-5-9-21(28)14-18)29(27(32)26(23)31)15-17-6-3-2-4-7-17/h2-11,13-14,16,24,30H,12,15H2,1H3/t16-,24-/m1/s1. The second kappa shape index (κ2) is 8.41. The second-order valence-corrected chi connectivity index (χ2v) is 8.86. The molecule has 5 nitrogen and oxygen atoms in total. The Labute approximate surface area is 196 Å². The van der Waals surface area contributed by atoms with Crippen LogP contribution in [0.5, 0.6) is 5.75 Å². The molecule has 2 heterocycles. The highest BCUT2D eigenvalue weighted by Crippen LogP contribution is 2.41. The van der Waals surface area contributed by atoms with E-state index in [9.17, 15) is 14.7 Å². The molecule has 3 aromatic carbocycles. The molecular weight excluding hydrogens is 438 g/mol. The molecule has 1 N–H and O–H groups in total. The average Bonchev–Trinajstić information content (AvgIpc) is 3.30. The molecule has 1 fully saturated rings. The molecule has 0 saturated carbocycles. The quantitative estimate of drug-likeness (QED) is 0.327. The molecule has 3 aromatic rings. The zero-order valence-corrected chi connectivity index (χ0v) is 18.8. The van der Waals surface area contributed by atoms with E-state index >= 15 is 0 Å². The summed E-state index contributed by atoms with van der Waals surface area (Å²) in [5.41, 5.74) is 3.05. The van der Waals surface area contributed by atoms with Gasteiger partial charge in [0.2, 0.25) is 0 Å². The fourth-order valence-electron chi connectivity index (χ4n) is 4.57. The van der Waals surface area contributed by atoms with E-state index in [0.29, 0.717) is 16.1 Å². The Morgan fingerprint density at radius 2 is 1.85 bits per heavy atom. The maximum absolute atomic E-state index is 13.2. The zero-order valence-electron chi connectivity index (χ0n) is 18.0. The molecule has 0 unspecified atom stereocenters. The summed E-state index contributed by atoms with van der Waals surface area (Å²) in [5, 5.41) is 11.8. The lowest BCUT2D eigenvalue weighted by molar-refractivity contribution is -0.140. The Bertz CT molecular complexity index is 1280. The first-order valence-corrected chi connectivity index (χ1v) is 11.2. The lowest BCUT2D eigenvalue weighted by Crippen LogP contribution is -2.29. The fourth-order valence-corrected chi connectivity index (χ4v) is 4.77. The molecule has 0 aromatic heterocycles. The van der Waals surface area contributed by atoms with Crippen LogP contribution in [-0.4, -0.2) is 27.8 Å². The number of amides is 1. The third-order valence-corrected chi connectivity index (χ3v) is 6.30. The maximum atomic E-state index is 13.2. The van der Waals surface area contributed by atoms with Crippen LogP contribution < -0.4 is 4.74 Å². The number of carbonyl (C=O) groups excluding carboxylic acids is 2. The average molecular weight is 460 g/mol. The summed E-state index contributed by atoms with van der Waals surface area (Å²) in [6.07, 6.45) is 0.775. The lowest BCUT2D eigenvalue weighted by atomic mass is 9.94. The molecule has 166 valence electrons. The Balaban J connectivity index is 1.64. The van der Waals surface area contributed by atoms with E-state index in [-0.39, 0.29) is 24.0 Å². The van der Waals surface area contributed by atoms with Crippen LogP contribution in [0.3, 0.4) is 0 Å². The third-order valence-electron chi connectivity index (χ3n) is 6.07. The molecule has 1 saturated heterocycles. The summed E-state index contributed by atoms with van der Waals surface area (Å²) in [6.45, 7) is 2.21. The van der Waals surface area contributed by atoms with Gasteiger partial charge in [0.05, 0.1) is 11.6 Å². The van der Waals surface area contributed by atoms with Crippen LogP contribution in [0.15, 0.2) is 78.4 Å². The predicted molar refractivity (Wildman–Crippen MR) is 126 cm³/mol. The summed E-state index contributed by atoms with van der Waals surface area (Å²) < 4.78 is 5.75. The van der Waals surface area contributed by atoms with Gasteiger partial charge < -0.3 is 14.7 Å². The highest BCUT2D eigenvalue weighted by Gasteiger charge is 2.46. The number of aliphatic hydroxyl groups is 1. The minimum absolute atomic E-state index is 0.0558. The maximum Gasteiger partial charge on any atom is 0.295 e. The summed E-state index contributed by atoms with van der Waals surface area (Å²) in [5.74, 6) is -0.784. The van der Waals surface area contributed by atoms with Crippen molar-refractivity contribution in [2.75, 3.05) is 0 Å². The minimum atomic E-state index is -0.757. The number of likely N-dealkylation sites (tertiary alicyclic amines) is 1. The van der Waals surface area contributed by atoms with Gasteiger partial charge in [-0.05, 0) is 53.9 Å². The van der Waals surface area contributed by atoms with Crippen LogP contribution >= 0.6 is 11.6 Å². The molecule has 2 aliphatic heterocycles. The van der Waals surface area contributed by atoms with Crippen molar-refractivity contribution in [3.05, 3.63) is 106 Å². The van der Waals surface area contributed by atoms with Crippen molar-refractivity contribution in [2.45, 2.75) is 32.0 Å². The second-order valence-electron chi connectivity index (χ2n) is 8.42. The smallest absolute Gasteiger partial charge is 0.295 e. The van der Waals surface area contributed by atoms with E-state index in [4.69, 9.17) is 16.3 Å². The van der Waals surface area contributed by atoms with Crippen LogP contribution in [0, 0.1) is 0 Å². The molecule has 0 aliphatic carbocycles. The van der Waals surface area contributed by atoms with Crippen molar-refractivity contribution >= 4 is 29.1 Å². The number of benzene rings is 3. The molecule has 0 radical (unpaired) electrons. The van der Waals surface area contributed by atoms with Crippen LogP contribution in [0.4, 0.5) is 0 Å². The Kier molecular flexibility index (Phi) is 5.43. The van der Waals surface area contributed by atoms with Gasteiger partial charge in [-0.15, -0.1) is 0 Å². The van der Waals surface area contributed by atoms with Gasteiger partial charge in [0.25, 0.3) is 11.7 Å². The van der Waals surface area contributed by atoms with E-state index in [1.807, 2.05) is 49.4 Å². The first-order chi connectivity index (χ1) is 15.9. The Morgan fingerprint density at radius 3 is 2.61 bits per heavy atom. The van der Waals surface area contributed by atoms with Crippen molar-refractivity contribution in [2.24, 2.45) is 0 Å². The SMILES string of the molecule is C[C@@H]1Cc2cc(C(O)=C3C(=O)C(=O)N(Cc4ccccc4)[C@@H]3c3cccc(Cl)c3)ccc2O1. The zero-order chi connectivity index (χ0) is 23.1. The summed E-state index contributed by atoms with van der Waals surface area (Å²) in [6, 6.07) is 21.1. The number of ketones is 1. The van der Waals surface area contributed by atoms with E-state index in [1.165, 1.54) is 4.90 Å². The van der Waals surface area contributed by atoms with Crippen LogP contribution in [0.1, 0.15) is 35.2 Å². The monoisotopic (exact) mass is 459 g/mol. The number of ether oxygens (including phenoxy) is 1. The van der Waals surface area contributed by atoms with Gasteiger partial charge in [0, 0.05) is 23.6 Å². The number of Topliss-reactive ketones (excluding diaryl/α,β-unsaturated/α-hetero) is 1. The van der Waals surface area contributed by atoms with E-state index < -0.39 is 17.7 Å². The van der Waals surface area contributed by atoms with Crippen molar-refractivity contribution in [3.8, 4) is 5.75 Å². The van der Waals surface area contributed by atoms with Gasteiger partial charge in [-0.1, -0.05) is 54.1 Å². The highest BCUT2D eigenvalue weighted by atomic mass is 35.5. The van der Waals surface area contributed by atoms with Gasteiger partial charge in [-0.25, -0.2) is 0 Å². The largest absolute Gasteiger partial charge is 0.507 e. The molecule has 6 heteroatoms. The van der Waals surface area contributed by atoms with E-state index in [0.717, 1.165) is 23.3 Å². The molecule has 1 amide bonds. The van der Waals surface area contributed by atoms with Crippen LogP contribution in [0.2, 0.25) is 5.02 Å². The lowest BCUT2D eigenvalue weighted by Gasteiger charge is -2.25. The first-order valence-electron chi connectivity index (χ1n) is 10.8. The van der Waals surface area contributed by atoms with Crippen molar-refractivity contribution in [1.29, 1.82) is 0 Å². The first kappa shape index (κ1) is 21.3. The molecular formula is C27H22ClNO4. The predicted octanol–water partition coefficient (Wildman–Crippen LogP) is 5.29. The minimum Gasteiger partial charge on any atom is -0.507 e. The number of nitrogens with zero attached hydrogens (tertiary/aromatic N) is 1. The normalized spacial score (nSPS) is 21.2. The number of carbonyl (C=O) groups is 2. The summed E-state index contributed by atoms with van der Waals surface area (Å²) in [4.78, 5) is 27.8. The fraction of sp³-hybridized carbons (Fsp3) is 0.185. The van der Waals surface area contributed by atoms with Crippen molar-refractivity contribution < 1.29 is 19.4 Å². The molecule has 0 bridgehead atoms. The van der Waals surface area contributed by atoms with Gasteiger partial charge >= 0.3 is 0 Å². The molecule has 33 heavy (non-hydrogen) atoms. The third kappa shape index (κ3) is 3.89. The topological polar surface area (TPSA) is 66.8 Å². The van der Waals surface area contributed by atoms with Gasteiger partial charge in [-0.3, -0.25) is 9.59 Å². The van der Waals surface area contributed by atoms with Crippen LogP contribution in [-0.2, 0) is 22.6 Å². The van der Waals surface area contributed by atoms with Gasteiger partial charge in [0.1, 0.15) is 17.6 Å². The van der Waals surface area contributed by atoms with E-state index in [2.05, 4.69) is 0 Å². The summed E-state index contributed by atoms with van der Waals surface area (Å²) >= 11 is 6.25. The number of hydrogen-bond acceptors (Lipinski definition) is 4. The number of hydrogen-bond donors (Lipinski definition) is 1. The number of aliphatic hydroxyl groups excluding tert-OH is 1. The Hall–Kier alpha value is -3.57. The molecule has 0 spiro atoms. The Morgan fingerprint density at radius 1 is 1.06 bits per heavy atom. The number of halogens is 1. The van der Waals surface area contributed by atoms with E-state index in [1.54, 1.807) is 30.3 Å². The number of rotatable bonds is 4. The van der Waals surface area contributed by atoms with Crippen LogP contribution in [0.25, 0.3) is 5.76 Å². The number of fused-ring (bicyclic) bond motifs is 1.